The first kappa shape index (κ1) is 41.6. The number of hydrogen-bond acceptors (Lipinski definition) is 9. The molecule has 60 heavy (non-hydrogen) atoms. The Kier molecular flexibility index (Phi) is 9.87. The van der Waals surface area contributed by atoms with Crippen LogP contribution in [0.1, 0.15) is 65.4 Å². The van der Waals surface area contributed by atoms with E-state index in [4.69, 9.17) is 16.6 Å². The standard InChI is InChI=1S/C38H32ClF7N8O4S2/c1-36(2,56)35-47-14-26(59-35)24-8-6-19(20-5-7-23(39)29-31(20)53(3)51-34(29)52-60(4,57)58)30(49-24)25(11-16-9-17(40)12-18(41)10-16)48-27(55)15-54-33-28(32(50-54)38(44,45)46)21-13-22(21)37(33,42)43/h5-10,12,14,21-22,25,56H,11,13,15H2,1-4H3,(H,48,55)(H,51,52). The summed E-state index contributed by atoms with van der Waals surface area (Å²) < 4.78 is 131. The molecule has 3 unspecified atom stereocenters. The van der Waals surface area contributed by atoms with E-state index in [9.17, 15) is 40.3 Å². The number of halogens is 8. The van der Waals surface area contributed by atoms with Crippen molar-refractivity contribution in [1.82, 2.24) is 34.8 Å². The van der Waals surface area contributed by atoms with Crippen molar-refractivity contribution in [1.29, 1.82) is 0 Å². The number of aromatic nitrogens is 6. The van der Waals surface area contributed by atoms with E-state index in [2.05, 4.69) is 25.2 Å². The van der Waals surface area contributed by atoms with Crippen LogP contribution in [0.4, 0.5) is 36.6 Å². The van der Waals surface area contributed by atoms with Gasteiger partial charge in [0.1, 0.15) is 34.5 Å². The minimum atomic E-state index is -5.09. The van der Waals surface area contributed by atoms with Crippen LogP contribution in [0.5, 0.6) is 0 Å². The molecule has 0 radical (unpaired) electrons. The number of aliphatic hydroxyl groups is 1. The van der Waals surface area contributed by atoms with E-state index < -0.39 is 93.1 Å². The molecule has 8 rings (SSSR count). The number of nitrogens with one attached hydrogen (secondary N) is 2. The molecule has 1 amide bonds. The Morgan fingerprint density at radius 3 is 2.40 bits per heavy atom. The van der Waals surface area contributed by atoms with Crippen molar-refractivity contribution in [2.45, 2.75) is 62.9 Å². The van der Waals surface area contributed by atoms with Crippen molar-refractivity contribution >= 4 is 55.6 Å². The number of thiazole rings is 1. The molecule has 2 aliphatic carbocycles. The molecule has 2 aromatic carbocycles. The molecule has 6 aromatic rings. The van der Waals surface area contributed by atoms with E-state index in [1.165, 1.54) is 37.8 Å². The molecule has 0 saturated heterocycles. The molecule has 1 saturated carbocycles. The lowest BCUT2D eigenvalue weighted by Gasteiger charge is -2.23. The second kappa shape index (κ2) is 14.2. The van der Waals surface area contributed by atoms with Gasteiger partial charge in [0.25, 0.3) is 5.92 Å². The summed E-state index contributed by atoms with van der Waals surface area (Å²) in [6, 6.07) is 7.44. The Hall–Kier alpha value is -5.12. The van der Waals surface area contributed by atoms with Crippen LogP contribution in [0.25, 0.3) is 32.6 Å². The fraction of sp³-hybridized carbons (Fsp3) is 0.342. The number of carbonyl (C=O) groups excluding carboxylic acids is 1. The van der Waals surface area contributed by atoms with Gasteiger partial charge in [0.15, 0.2) is 11.5 Å². The zero-order valence-corrected chi connectivity index (χ0v) is 34.1. The zero-order valence-electron chi connectivity index (χ0n) is 31.7. The first-order valence-electron chi connectivity index (χ1n) is 18.0. The molecule has 316 valence electrons. The number of sulfonamides is 1. The van der Waals surface area contributed by atoms with Crippen LogP contribution in [-0.2, 0) is 52.5 Å². The third-order valence-electron chi connectivity index (χ3n) is 10.2. The SMILES string of the molecule is Cn1nc(NS(C)(=O)=O)c2c(Cl)ccc(-c3ccc(-c4cnc(C(C)(C)O)s4)nc3C(Cc3cc(F)cc(F)c3)NC(=O)Cn3nc(C(F)(F)F)c4c3C(F)(F)C3CC43)c21. The Labute approximate surface area is 345 Å². The first-order valence-corrected chi connectivity index (χ1v) is 21.1. The summed E-state index contributed by atoms with van der Waals surface area (Å²) in [5.74, 6) is -9.24. The van der Waals surface area contributed by atoms with Gasteiger partial charge in [0.2, 0.25) is 15.9 Å². The Balaban J connectivity index is 1.30. The predicted octanol–water partition coefficient (Wildman–Crippen LogP) is 7.81. The number of benzene rings is 2. The number of pyridine rings is 1. The summed E-state index contributed by atoms with van der Waals surface area (Å²) in [5, 5.41) is 21.7. The molecule has 12 nitrogen and oxygen atoms in total. The van der Waals surface area contributed by atoms with Gasteiger partial charge in [0.05, 0.1) is 44.5 Å². The van der Waals surface area contributed by atoms with E-state index in [1.54, 1.807) is 18.2 Å². The smallest absolute Gasteiger partial charge is 0.383 e. The minimum absolute atomic E-state index is 0.00504. The number of rotatable bonds is 11. The monoisotopic (exact) mass is 896 g/mol. The van der Waals surface area contributed by atoms with Crippen LogP contribution >= 0.6 is 22.9 Å². The molecular formula is C38H32ClF7N8O4S2. The Morgan fingerprint density at radius 2 is 1.77 bits per heavy atom. The lowest BCUT2D eigenvalue weighted by Crippen LogP contribution is -2.35. The van der Waals surface area contributed by atoms with Crippen LogP contribution in [0.15, 0.2) is 48.7 Å². The van der Waals surface area contributed by atoms with E-state index in [0.29, 0.717) is 26.2 Å². The molecule has 4 aromatic heterocycles. The first-order chi connectivity index (χ1) is 27.9. The summed E-state index contributed by atoms with van der Waals surface area (Å²) in [7, 11) is -2.35. The summed E-state index contributed by atoms with van der Waals surface area (Å²) in [6.45, 7) is 1.96. The van der Waals surface area contributed by atoms with Gasteiger partial charge >= 0.3 is 6.18 Å². The van der Waals surface area contributed by atoms with E-state index in [-0.39, 0.29) is 50.7 Å². The third-order valence-corrected chi connectivity index (χ3v) is 12.4. The fourth-order valence-electron chi connectivity index (χ4n) is 7.77. The molecule has 2 aliphatic rings. The molecule has 0 spiro atoms. The van der Waals surface area contributed by atoms with Gasteiger partial charge in [-0.1, -0.05) is 23.7 Å². The number of nitrogens with zero attached hydrogens (tertiary/aromatic N) is 6. The number of aryl methyl sites for hydroxylation is 1. The highest BCUT2D eigenvalue weighted by molar-refractivity contribution is 7.92. The van der Waals surface area contributed by atoms with Crippen LogP contribution in [0.2, 0.25) is 5.02 Å². The maximum atomic E-state index is 15.5. The number of alkyl halides is 5. The number of anilines is 1. The lowest BCUT2D eigenvalue weighted by atomic mass is 9.93. The van der Waals surface area contributed by atoms with Gasteiger partial charge in [-0.3, -0.25) is 18.9 Å². The van der Waals surface area contributed by atoms with Crippen molar-refractivity contribution in [3.05, 3.63) is 98.5 Å². The lowest BCUT2D eigenvalue weighted by molar-refractivity contribution is -0.142. The topological polar surface area (TPSA) is 157 Å². The van der Waals surface area contributed by atoms with Crippen LogP contribution in [0.3, 0.4) is 0 Å². The number of hydrogen-bond donors (Lipinski definition) is 3. The van der Waals surface area contributed by atoms with Gasteiger partial charge < -0.3 is 10.4 Å². The van der Waals surface area contributed by atoms with Gasteiger partial charge in [-0.15, -0.1) is 11.3 Å². The molecule has 1 fully saturated rings. The molecule has 4 heterocycles. The van der Waals surface area contributed by atoms with Crippen molar-refractivity contribution in [3.63, 3.8) is 0 Å². The average Bonchev–Trinajstić information content (AvgIpc) is 3.36. The summed E-state index contributed by atoms with van der Waals surface area (Å²) in [6.07, 6.45) is -3.27. The maximum Gasteiger partial charge on any atom is 0.435 e. The molecule has 3 atom stereocenters. The second-order valence-electron chi connectivity index (χ2n) is 15.3. The van der Waals surface area contributed by atoms with Crippen molar-refractivity contribution in [2.75, 3.05) is 11.0 Å². The van der Waals surface area contributed by atoms with Crippen LogP contribution < -0.4 is 10.0 Å². The van der Waals surface area contributed by atoms with E-state index in [1.807, 2.05) is 0 Å². The van der Waals surface area contributed by atoms with E-state index >= 15 is 8.78 Å². The Bertz CT molecular complexity index is 2830. The highest BCUT2D eigenvalue weighted by Crippen LogP contribution is 2.68. The minimum Gasteiger partial charge on any atom is -0.383 e. The highest BCUT2D eigenvalue weighted by Gasteiger charge is 2.68. The largest absolute Gasteiger partial charge is 0.435 e. The molecule has 0 bridgehead atoms. The fourth-order valence-corrected chi connectivity index (χ4v) is 9.40. The van der Waals surface area contributed by atoms with Gasteiger partial charge in [-0.05, 0) is 62.4 Å². The van der Waals surface area contributed by atoms with E-state index in [0.717, 1.165) is 29.7 Å². The van der Waals surface area contributed by atoms with Gasteiger partial charge in [-0.25, -0.2) is 27.2 Å². The third kappa shape index (κ3) is 7.60. The molecule has 22 heteroatoms. The number of amides is 1. The Morgan fingerprint density at radius 1 is 1.08 bits per heavy atom. The summed E-state index contributed by atoms with van der Waals surface area (Å²) in [5.41, 5.74) is -3.37. The van der Waals surface area contributed by atoms with Crippen molar-refractivity contribution in [2.24, 2.45) is 13.0 Å². The van der Waals surface area contributed by atoms with Crippen LogP contribution in [-0.4, -0.2) is 55.2 Å². The normalized spacial score (nSPS) is 17.8. The molecular weight excluding hydrogens is 865 g/mol. The van der Waals surface area contributed by atoms with Crippen molar-refractivity contribution < 1.29 is 49.1 Å². The predicted molar refractivity (Wildman–Crippen MR) is 207 cm³/mol. The van der Waals surface area contributed by atoms with Crippen molar-refractivity contribution in [3.8, 4) is 21.7 Å². The second-order valence-corrected chi connectivity index (χ2v) is 18.5. The number of fused-ring (bicyclic) bond motifs is 4. The summed E-state index contributed by atoms with van der Waals surface area (Å²) >= 11 is 7.70. The highest BCUT2D eigenvalue weighted by atomic mass is 35.5. The maximum absolute atomic E-state index is 15.5. The number of carbonyl (C=O) groups is 1. The quantitative estimate of drug-likeness (QED) is 0.111. The molecule has 3 N–H and O–H groups in total. The molecule has 0 aliphatic heterocycles. The van der Waals surface area contributed by atoms with Crippen LogP contribution in [0, 0.1) is 17.6 Å². The average molecular weight is 897 g/mol. The summed E-state index contributed by atoms with van der Waals surface area (Å²) in [4.78, 5) is 23.7. The zero-order chi connectivity index (χ0) is 43.4. The van der Waals surface area contributed by atoms with Gasteiger partial charge in [0, 0.05) is 41.9 Å². The van der Waals surface area contributed by atoms with Gasteiger partial charge in [-0.2, -0.15) is 32.1 Å².